The Labute approximate surface area is 106 Å². The zero-order valence-electron chi connectivity index (χ0n) is 10.5. The Kier molecular flexibility index (Phi) is 4.06. The average Bonchev–Trinajstić information content (AvgIpc) is 2.40. The maximum Gasteiger partial charge on any atom is 0.226 e. The van der Waals surface area contributed by atoms with Crippen molar-refractivity contribution in [3.63, 3.8) is 0 Å². The van der Waals surface area contributed by atoms with Gasteiger partial charge in [-0.3, -0.25) is 4.98 Å². The minimum atomic E-state index is 0.0931. The molecule has 0 aliphatic heterocycles. The normalized spacial score (nSPS) is 11.9. The number of ether oxygens (including phenoxy) is 1. The van der Waals surface area contributed by atoms with Crippen LogP contribution < -0.4 is 10.1 Å². The van der Waals surface area contributed by atoms with E-state index in [0.29, 0.717) is 18.4 Å². The highest BCUT2D eigenvalue weighted by atomic mass is 16.5. The fourth-order valence-corrected chi connectivity index (χ4v) is 1.55. The summed E-state index contributed by atoms with van der Waals surface area (Å²) >= 11 is 0. The maximum atomic E-state index is 5.33. The van der Waals surface area contributed by atoms with Crippen LogP contribution in [0.3, 0.4) is 0 Å². The van der Waals surface area contributed by atoms with Gasteiger partial charge in [0, 0.05) is 24.7 Å². The quantitative estimate of drug-likeness (QED) is 0.875. The van der Waals surface area contributed by atoms with Gasteiger partial charge in [0.15, 0.2) is 0 Å². The summed E-state index contributed by atoms with van der Waals surface area (Å²) in [6, 6.07) is 5.75. The number of pyridine rings is 1. The molecule has 0 fully saturated rings. The van der Waals surface area contributed by atoms with Crippen molar-refractivity contribution in [3.05, 3.63) is 42.4 Å². The number of hydrogen-bond donors (Lipinski definition) is 1. The third-order valence-corrected chi connectivity index (χ3v) is 2.45. The largest absolute Gasteiger partial charge is 0.478 e. The summed E-state index contributed by atoms with van der Waals surface area (Å²) in [6.07, 6.45) is 5.25. The number of hydrogen-bond acceptors (Lipinski definition) is 5. The molecular formula is C13H16N4O. The van der Waals surface area contributed by atoms with Gasteiger partial charge in [-0.25, -0.2) is 4.98 Å². The van der Waals surface area contributed by atoms with Crippen LogP contribution in [0.25, 0.3) is 0 Å². The van der Waals surface area contributed by atoms with Gasteiger partial charge in [0.1, 0.15) is 0 Å². The molecule has 0 aromatic carbocycles. The van der Waals surface area contributed by atoms with Gasteiger partial charge in [0.25, 0.3) is 0 Å². The Morgan fingerprint density at radius 1 is 1.33 bits per heavy atom. The summed E-state index contributed by atoms with van der Waals surface area (Å²) in [6.45, 7) is 4.55. The Bertz CT molecular complexity index is 489. The molecule has 18 heavy (non-hydrogen) atoms. The van der Waals surface area contributed by atoms with Crippen molar-refractivity contribution in [1.29, 1.82) is 0 Å². The standard InChI is InChI=1S/C13H16N4O/c1-3-18-12-6-8-15-13(17-12)16-10(2)11-5-4-7-14-9-11/h4-10H,3H2,1-2H3,(H,15,16,17). The van der Waals surface area contributed by atoms with Crippen LogP contribution in [0.15, 0.2) is 36.8 Å². The summed E-state index contributed by atoms with van der Waals surface area (Å²) in [4.78, 5) is 12.5. The van der Waals surface area contributed by atoms with Crippen LogP contribution in [0.5, 0.6) is 5.88 Å². The molecular weight excluding hydrogens is 228 g/mol. The van der Waals surface area contributed by atoms with Crippen molar-refractivity contribution in [3.8, 4) is 5.88 Å². The average molecular weight is 244 g/mol. The summed E-state index contributed by atoms with van der Waals surface area (Å²) in [5.74, 6) is 1.13. The van der Waals surface area contributed by atoms with Crippen molar-refractivity contribution in [2.45, 2.75) is 19.9 Å². The zero-order valence-corrected chi connectivity index (χ0v) is 10.5. The van der Waals surface area contributed by atoms with Gasteiger partial charge in [-0.05, 0) is 25.5 Å². The molecule has 1 N–H and O–H groups in total. The molecule has 2 aromatic rings. The van der Waals surface area contributed by atoms with Gasteiger partial charge in [-0.15, -0.1) is 0 Å². The third-order valence-electron chi connectivity index (χ3n) is 2.45. The highest BCUT2D eigenvalue weighted by molar-refractivity contribution is 5.32. The highest BCUT2D eigenvalue weighted by Gasteiger charge is 2.07. The van der Waals surface area contributed by atoms with Crippen LogP contribution in [-0.4, -0.2) is 21.6 Å². The molecule has 0 radical (unpaired) electrons. The monoisotopic (exact) mass is 244 g/mol. The summed E-state index contributed by atoms with van der Waals surface area (Å²) in [7, 11) is 0. The van der Waals surface area contributed by atoms with Gasteiger partial charge >= 0.3 is 0 Å². The smallest absolute Gasteiger partial charge is 0.226 e. The molecule has 5 nitrogen and oxygen atoms in total. The van der Waals surface area contributed by atoms with Gasteiger partial charge in [-0.1, -0.05) is 6.07 Å². The van der Waals surface area contributed by atoms with Crippen LogP contribution in [-0.2, 0) is 0 Å². The van der Waals surface area contributed by atoms with Gasteiger partial charge in [-0.2, -0.15) is 4.98 Å². The van der Waals surface area contributed by atoms with E-state index in [2.05, 4.69) is 20.3 Å². The van der Waals surface area contributed by atoms with Gasteiger partial charge in [0.2, 0.25) is 11.8 Å². The molecule has 1 unspecified atom stereocenters. The lowest BCUT2D eigenvalue weighted by Gasteiger charge is -2.13. The lowest BCUT2D eigenvalue weighted by Crippen LogP contribution is -2.10. The third kappa shape index (κ3) is 3.16. The van der Waals surface area contributed by atoms with Crippen LogP contribution in [0.4, 0.5) is 5.95 Å². The molecule has 0 saturated heterocycles. The van der Waals surface area contributed by atoms with E-state index >= 15 is 0 Å². The van der Waals surface area contributed by atoms with E-state index in [0.717, 1.165) is 5.56 Å². The second-order valence-electron chi connectivity index (χ2n) is 3.80. The molecule has 0 spiro atoms. The predicted octanol–water partition coefficient (Wildman–Crippen LogP) is 2.44. The first-order valence-electron chi connectivity index (χ1n) is 5.92. The van der Waals surface area contributed by atoms with Crippen molar-refractivity contribution in [2.75, 3.05) is 11.9 Å². The summed E-state index contributed by atoms with van der Waals surface area (Å²) in [5, 5.41) is 3.21. The van der Waals surface area contributed by atoms with Gasteiger partial charge in [0.05, 0.1) is 12.6 Å². The Hall–Kier alpha value is -2.17. The van der Waals surface area contributed by atoms with E-state index in [1.165, 1.54) is 0 Å². The summed E-state index contributed by atoms with van der Waals surface area (Å²) in [5.41, 5.74) is 1.09. The predicted molar refractivity (Wildman–Crippen MR) is 69.5 cm³/mol. The molecule has 0 aliphatic carbocycles. The highest BCUT2D eigenvalue weighted by Crippen LogP contribution is 2.16. The fourth-order valence-electron chi connectivity index (χ4n) is 1.55. The van der Waals surface area contributed by atoms with Crippen LogP contribution >= 0.6 is 0 Å². The van der Waals surface area contributed by atoms with Crippen molar-refractivity contribution < 1.29 is 4.74 Å². The Morgan fingerprint density at radius 3 is 2.94 bits per heavy atom. The first kappa shape index (κ1) is 12.3. The van der Waals surface area contributed by atoms with E-state index in [9.17, 15) is 0 Å². The molecule has 5 heteroatoms. The van der Waals surface area contributed by atoms with E-state index < -0.39 is 0 Å². The molecule has 0 bridgehead atoms. The number of nitrogens with zero attached hydrogens (tertiary/aromatic N) is 3. The molecule has 0 aliphatic rings. The molecule has 94 valence electrons. The molecule has 2 rings (SSSR count). The van der Waals surface area contributed by atoms with Crippen LogP contribution in [0.2, 0.25) is 0 Å². The van der Waals surface area contributed by atoms with E-state index in [1.807, 2.05) is 32.2 Å². The lowest BCUT2D eigenvalue weighted by molar-refractivity contribution is 0.326. The topological polar surface area (TPSA) is 59.9 Å². The van der Waals surface area contributed by atoms with E-state index in [1.54, 1.807) is 18.5 Å². The minimum Gasteiger partial charge on any atom is -0.478 e. The van der Waals surface area contributed by atoms with Crippen molar-refractivity contribution in [1.82, 2.24) is 15.0 Å². The second kappa shape index (κ2) is 5.95. The molecule has 2 heterocycles. The Morgan fingerprint density at radius 2 is 2.22 bits per heavy atom. The number of aromatic nitrogens is 3. The Balaban J connectivity index is 2.07. The first-order valence-corrected chi connectivity index (χ1v) is 5.92. The van der Waals surface area contributed by atoms with E-state index in [4.69, 9.17) is 4.74 Å². The first-order chi connectivity index (χ1) is 8.79. The maximum absolute atomic E-state index is 5.33. The van der Waals surface area contributed by atoms with Gasteiger partial charge < -0.3 is 10.1 Å². The molecule has 0 amide bonds. The van der Waals surface area contributed by atoms with Crippen molar-refractivity contribution >= 4 is 5.95 Å². The summed E-state index contributed by atoms with van der Waals surface area (Å²) < 4.78 is 5.33. The molecule has 2 aromatic heterocycles. The number of nitrogens with one attached hydrogen (secondary N) is 1. The van der Waals surface area contributed by atoms with Crippen molar-refractivity contribution in [2.24, 2.45) is 0 Å². The minimum absolute atomic E-state index is 0.0931. The zero-order chi connectivity index (χ0) is 12.8. The number of rotatable bonds is 5. The lowest BCUT2D eigenvalue weighted by atomic mass is 10.1. The van der Waals surface area contributed by atoms with Crippen LogP contribution in [0, 0.1) is 0 Å². The van der Waals surface area contributed by atoms with Crippen LogP contribution in [0.1, 0.15) is 25.5 Å². The number of anilines is 1. The van der Waals surface area contributed by atoms with E-state index in [-0.39, 0.29) is 6.04 Å². The molecule has 0 saturated carbocycles. The molecule has 1 atom stereocenters. The SMILES string of the molecule is CCOc1ccnc(NC(C)c2cccnc2)n1. The second-order valence-corrected chi connectivity index (χ2v) is 3.80. The fraction of sp³-hybridized carbons (Fsp3) is 0.308.